The van der Waals surface area contributed by atoms with Crippen LogP contribution in [0.3, 0.4) is 0 Å². The Balaban J connectivity index is 2.33. The minimum absolute atomic E-state index is 0.281. The highest BCUT2D eigenvalue weighted by Crippen LogP contribution is 2.31. The first-order valence-electron chi connectivity index (χ1n) is 10.2. The van der Waals surface area contributed by atoms with Gasteiger partial charge in [0.15, 0.2) is 12.2 Å². The van der Waals surface area contributed by atoms with E-state index in [4.69, 9.17) is 28.4 Å². The predicted octanol–water partition coefficient (Wildman–Crippen LogP) is 2.14. The Morgan fingerprint density at radius 1 is 0.765 bits per heavy atom. The fraction of sp³-hybridized carbons (Fsp3) is 0.500. The number of esters is 4. The highest BCUT2D eigenvalue weighted by Gasteiger charge is 2.53. The first-order valence-corrected chi connectivity index (χ1v) is 11.2. The SMILES string of the molecule is CC(=O)OC[C@H]1O[C@@H](OC(C)=O)[C@H](OC(C)=O)[C@@H](OC(=O)SCc2ccccc2)[C@H]1OC(C)=O. The molecule has 0 unspecified atom stereocenters. The number of rotatable bonds is 8. The van der Waals surface area contributed by atoms with Gasteiger partial charge in [-0.05, 0) is 17.3 Å². The van der Waals surface area contributed by atoms with Crippen molar-refractivity contribution in [2.24, 2.45) is 0 Å². The lowest BCUT2D eigenvalue weighted by atomic mass is 9.98. The van der Waals surface area contributed by atoms with Crippen molar-refractivity contribution in [1.29, 1.82) is 0 Å². The van der Waals surface area contributed by atoms with Gasteiger partial charge < -0.3 is 28.4 Å². The van der Waals surface area contributed by atoms with Crippen molar-refractivity contribution in [3.8, 4) is 0 Å². The predicted molar refractivity (Wildman–Crippen MR) is 116 cm³/mol. The van der Waals surface area contributed by atoms with Crippen molar-refractivity contribution < 1.29 is 52.4 Å². The second kappa shape index (κ2) is 12.9. The molecule has 5 atom stereocenters. The molecule has 1 fully saturated rings. The van der Waals surface area contributed by atoms with Crippen molar-refractivity contribution in [2.45, 2.75) is 64.2 Å². The zero-order valence-corrected chi connectivity index (χ0v) is 19.9. The van der Waals surface area contributed by atoms with Crippen LogP contribution in [0.25, 0.3) is 0 Å². The van der Waals surface area contributed by atoms with E-state index in [0.29, 0.717) is 0 Å². The standard InChI is InChI=1S/C22H26O11S/c1-12(23)28-10-17-18(29-13(2)24)19(20(30-14(3)25)21(32-17)31-15(4)26)33-22(27)34-11-16-8-6-5-7-9-16/h5-9,17-21H,10-11H2,1-4H3/t17-,18+,19+,20-,21-/m1/s1. The number of thioether (sulfide) groups is 1. The summed E-state index contributed by atoms with van der Waals surface area (Å²) in [7, 11) is 0. The summed E-state index contributed by atoms with van der Waals surface area (Å²) in [4.78, 5) is 59.2. The maximum atomic E-state index is 12.7. The van der Waals surface area contributed by atoms with Crippen molar-refractivity contribution in [2.75, 3.05) is 6.61 Å². The fourth-order valence-electron chi connectivity index (χ4n) is 3.12. The van der Waals surface area contributed by atoms with Crippen molar-refractivity contribution in [3.63, 3.8) is 0 Å². The minimum atomic E-state index is -1.52. The Hall–Kier alpha value is -3.12. The maximum Gasteiger partial charge on any atom is 0.368 e. The van der Waals surface area contributed by atoms with E-state index in [1.54, 1.807) is 0 Å². The number of benzene rings is 1. The Kier molecular flexibility index (Phi) is 10.3. The van der Waals surface area contributed by atoms with Gasteiger partial charge in [0.2, 0.25) is 12.4 Å². The second-order valence-corrected chi connectivity index (χ2v) is 8.12. The molecule has 12 heteroatoms. The molecule has 1 heterocycles. The Morgan fingerprint density at radius 3 is 1.91 bits per heavy atom. The van der Waals surface area contributed by atoms with Crippen molar-refractivity contribution in [1.82, 2.24) is 0 Å². The molecule has 0 radical (unpaired) electrons. The molecule has 34 heavy (non-hydrogen) atoms. The Morgan fingerprint density at radius 2 is 1.35 bits per heavy atom. The topological polar surface area (TPSA) is 141 Å². The molecule has 0 aliphatic carbocycles. The van der Waals surface area contributed by atoms with Gasteiger partial charge in [0.05, 0.1) is 0 Å². The van der Waals surface area contributed by atoms with E-state index >= 15 is 0 Å². The quantitative estimate of drug-likeness (QED) is 0.383. The Labute approximate surface area is 200 Å². The molecule has 1 aromatic rings. The smallest absolute Gasteiger partial charge is 0.368 e. The highest BCUT2D eigenvalue weighted by atomic mass is 32.2. The van der Waals surface area contributed by atoms with Crippen LogP contribution in [-0.4, -0.2) is 66.5 Å². The molecular formula is C22H26O11S. The van der Waals surface area contributed by atoms with Gasteiger partial charge in [0.25, 0.3) is 0 Å². The molecule has 11 nitrogen and oxygen atoms in total. The van der Waals surface area contributed by atoms with Crippen LogP contribution in [0.2, 0.25) is 0 Å². The summed E-state index contributed by atoms with van der Waals surface area (Å²) in [5, 5.41) is -0.766. The first kappa shape index (κ1) is 27.1. The molecule has 1 aromatic carbocycles. The molecule has 0 N–H and O–H groups in total. The fourth-order valence-corrected chi connectivity index (χ4v) is 3.77. The van der Waals surface area contributed by atoms with E-state index in [9.17, 15) is 24.0 Å². The van der Waals surface area contributed by atoms with Gasteiger partial charge in [-0.25, -0.2) is 4.79 Å². The summed E-state index contributed by atoms with van der Waals surface area (Å²) >= 11 is 0.824. The first-order chi connectivity index (χ1) is 16.1. The van der Waals surface area contributed by atoms with Crippen LogP contribution in [-0.2, 0) is 53.4 Å². The highest BCUT2D eigenvalue weighted by molar-refractivity contribution is 8.12. The van der Waals surface area contributed by atoms with E-state index in [1.807, 2.05) is 30.3 Å². The third kappa shape index (κ3) is 8.67. The average molecular weight is 499 g/mol. The van der Waals surface area contributed by atoms with Crippen LogP contribution in [0.5, 0.6) is 0 Å². The summed E-state index contributed by atoms with van der Waals surface area (Å²) in [6.45, 7) is 4.06. The lowest BCUT2D eigenvalue weighted by Crippen LogP contribution is -2.63. The third-order valence-corrected chi connectivity index (χ3v) is 5.17. The van der Waals surface area contributed by atoms with Gasteiger partial charge in [0.1, 0.15) is 12.7 Å². The largest absolute Gasteiger partial charge is 0.463 e. The molecular weight excluding hydrogens is 472 g/mol. The van der Waals surface area contributed by atoms with Crippen LogP contribution < -0.4 is 0 Å². The monoisotopic (exact) mass is 498 g/mol. The zero-order valence-electron chi connectivity index (χ0n) is 19.1. The second-order valence-electron chi connectivity index (χ2n) is 7.21. The van der Waals surface area contributed by atoms with Crippen LogP contribution in [0.15, 0.2) is 30.3 Å². The van der Waals surface area contributed by atoms with Crippen molar-refractivity contribution >= 4 is 40.9 Å². The van der Waals surface area contributed by atoms with E-state index in [2.05, 4.69) is 0 Å². The molecule has 1 aliphatic heterocycles. The van der Waals surface area contributed by atoms with Crippen molar-refractivity contribution in [3.05, 3.63) is 35.9 Å². The molecule has 0 saturated carbocycles. The van der Waals surface area contributed by atoms with Gasteiger partial charge in [-0.3, -0.25) is 19.2 Å². The molecule has 186 valence electrons. The number of ether oxygens (including phenoxy) is 6. The molecule has 1 saturated heterocycles. The number of hydrogen-bond donors (Lipinski definition) is 0. The van der Waals surface area contributed by atoms with E-state index in [-0.39, 0.29) is 5.75 Å². The van der Waals surface area contributed by atoms with Gasteiger partial charge in [-0.2, -0.15) is 0 Å². The Bertz CT molecular complexity index is 888. The van der Waals surface area contributed by atoms with E-state index < -0.39 is 66.5 Å². The summed E-state index contributed by atoms with van der Waals surface area (Å²) < 4.78 is 31.8. The molecule has 0 spiro atoms. The molecule has 0 amide bonds. The summed E-state index contributed by atoms with van der Waals surface area (Å²) in [5.41, 5.74) is 0.857. The van der Waals surface area contributed by atoms with Gasteiger partial charge in [-0.1, -0.05) is 30.3 Å². The summed E-state index contributed by atoms with van der Waals surface area (Å²) in [6.07, 6.45) is -6.94. The van der Waals surface area contributed by atoms with Gasteiger partial charge in [-0.15, -0.1) is 0 Å². The average Bonchev–Trinajstić information content (AvgIpc) is 2.74. The van der Waals surface area contributed by atoms with Crippen LogP contribution >= 0.6 is 11.8 Å². The summed E-state index contributed by atoms with van der Waals surface area (Å²) in [6, 6.07) is 9.11. The summed E-state index contributed by atoms with van der Waals surface area (Å²) in [5.74, 6) is -2.69. The number of hydrogen-bond acceptors (Lipinski definition) is 12. The van der Waals surface area contributed by atoms with Gasteiger partial charge in [0, 0.05) is 33.4 Å². The molecule has 0 bridgehead atoms. The number of carbonyl (C=O) groups excluding carboxylic acids is 5. The molecule has 0 aromatic heterocycles. The van der Waals surface area contributed by atoms with Gasteiger partial charge >= 0.3 is 29.2 Å². The molecule has 1 aliphatic rings. The number of carbonyl (C=O) groups is 5. The zero-order chi connectivity index (χ0) is 25.3. The lowest BCUT2D eigenvalue weighted by Gasteiger charge is -2.43. The minimum Gasteiger partial charge on any atom is -0.463 e. The van der Waals surface area contributed by atoms with E-state index in [0.717, 1.165) is 45.0 Å². The molecule has 2 rings (SSSR count). The van der Waals surface area contributed by atoms with Crippen LogP contribution in [0, 0.1) is 0 Å². The van der Waals surface area contributed by atoms with Crippen LogP contribution in [0.1, 0.15) is 33.3 Å². The lowest BCUT2D eigenvalue weighted by molar-refractivity contribution is -0.296. The van der Waals surface area contributed by atoms with Crippen LogP contribution in [0.4, 0.5) is 4.79 Å². The van der Waals surface area contributed by atoms with E-state index in [1.165, 1.54) is 0 Å². The maximum absolute atomic E-state index is 12.7. The normalized spacial score (nSPS) is 23.8. The third-order valence-electron chi connectivity index (χ3n) is 4.36.